The van der Waals surface area contributed by atoms with Crippen LogP contribution >= 0.6 is 0 Å². The highest BCUT2D eigenvalue weighted by Gasteiger charge is 2.23. The third-order valence-electron chi connectivity index (χ3n) is 3.49. The minimum absolute atomic E-state index is 0.381. The Bertz CT molecular complexity index is 445. The fraction of sp³-hybridized carbons (Fsp3) is 0.500. The van der Waals surface area contributed by atoms with Crippen molar-refractivity contribution in [2.75, 3.05) is 31.7 Å². The van der Waals surface area contributed by atoms with Crippen LogP contribution in [0.5, 0.6) is 0 Å². The molecule has 1 aliphatic heterocycles. The van der Waals surface area contributed by atoms with Gasteiger partial charge in [-0.3, -0.25) is 0 Å². The predicted molar refractivity (Wildman–Crippen MR) is 70.3 cm³/mol. The van der Waals surface area contributed by atoms with Crippen LogP contribution < -0.4 is 4.90 Å². The van der Waals surface area contributed by atoms with E-state index >= 15 is 0 Å². The van der Waals surface area contributed by atoms with Crippen LogP contribution in [0, 0.1) is 12.8 Å². The van der Waals surface area contributed by atoms with Gasteiger partial charge >= 0.3 is 5.97 Å². The Morgan fingerprint density at radius 2 is 2.33 bits per heavy atom. The first-order chi connectivity index (χ1) is 8.61. The lowest BCUT2D eigenvalue weighted by Gasteiger charge is -2.19. The number of nitrogens with zero attached hydrogens (tertiary/aromatic N) is 1. The van der Waals surface area contributed by atoms with E-state index in [1.54, 1.807) is 13.2 Å². The monoisotopic (exact) mass is 249 g/mol. The van der Waals surface area contributed by atoms with E-state index in [-0.39, 0.29) is 0 Å². The van der Waals surface area contributed by atoms with Crippen molar-refractivity contribution in [3.63, 3.8) is 0 Å². The van der Waals surface area contributed by atoms with Crippen molar-refractivity contribution in [2.24, 2.45) is 5.92 Å². The average molecular weight is 249 g/mol. The number of aromatic carboxylic acids is 1. The molecule has 1 unspecified atom stereocenters. The van der Waals surface area contributed by atoms with Gasteiger partial charge in [-0.1, -0.05) is 0 Å². The van der Waals surface area contributed by atoms with Crippen LogP contribution in [0.2, 0.25) is 0 Å². The third kappa shape index (κ3) is 2.64. The zero-order valence-corrected chi connectivity index (χ0v) is 10.8. The molecule has 4 nitrogen and oxygen atoms in total. The topological polar surface area (TPSA) is 49.8 Å². The van der Waals surface area contributed by atoms with E-state index in [0.717, 1.165) is 37.4 Å². The Labute approximate surface area is 107 Å². The summed E-state index contributed by atoms with van der Waals surface area (Å²) in [5, 5.41) is 9.00. The number of methoxy groups -OCH3 is 1. The van der Waals surface area contributed by atoms with Crippen molar-refractivity contribution in [3.05, 3.63) is 29.3 Å². The van der Waals surface area contributed by atoms with Crippen molar-refractivity contribution in [1.82, 2.24) is 0 Å². The molecule has 1 aliphatic rings. The molecule has 0 spiro atoms. The summed E-state index contributed by atoms with van der Waals surface area (Å²) in [6.07, 6.45) is 1.13. The lowest BCUT2D eigenvalue weighted by molar-refractivity contribution is 0.0696. The number of aryl methyl sites for hydroxylation is 1. The van der Waals surface area contributed by atoms with Crippen LogP contribution in [0.1, 0.15) is 22.3 Å². The van der Waals surface area contributed by atoms with Gasteiger partial charge < -0.3 is 14.7 Å². The normalized spacial score (nSPS) is 19.2. The molecule has 1 fully saturated rings. The third-order valence-corrected chi connectivity index (χ3v) is 3.49. The molecular weight excluding hydrogens is 230 g/mol. The number of carbonyl (C=O) groups is 1. The molecule has 0 aromatic heterocycles. The Morgan fingerprint density at radius 3 is 2.94 bits per heavy atom. The van der Waals surface area contributed by atoms with E-state index in [4.69, 9.17) is 9.84 Å². The molecule has 0 amide bonds. The quantitative estimate of drug-likeness (QED) is 0.888. The SMILES string of the molecule is COCC1CCN(c2ccc(C(=O)O)c(C)c2)C1. The van der Waals surface area contributed by atoms with E-state index in [0.29, 0.717) is 11.5 Å². The first kappa shape index (κ1) is 12.9. The second-order valence-corrected chi connectivity index (χ2v) is 4.86. The zero-order chi connectivity index (χ0) is 13.1. The number of anilines is 1. The van der Waals surface area contributed by atoms with Crippen molar-refractivity contribution < 1.29 is 14.6 Å². The summed E-state index contributed by atoms with van der Waals surface area (Å²) in [5.74, 6) is -0.285. The van der Waals surface area contributed by atoms with Gasteiger partial charge in [0, 0.05) is 31.8 Å². The summed E-state index contributed by atoms with van der Waals surface area (Å²) >= 11 is 0. The molecule has 18 heavy (non-hydrogen) atoms. The van der Waals surface area contributed by atoms with Gasteiger partial charge in [0.2, 0.25) is 0 Å². The molecule has 0 radical (unpaired) electrons. The standard InChI is InChI=1S/C14H19NO3/c1-10-7-12(3-4-13(10)14(16)17)15-6-5-11(8-15)9-18-2/h3-4,7,11H,5-6,8-9H2,1-2H3,(H,16,17). The summed E-state index contributed by atoms with van der Waals surface area (Å²) in [4.78, 5) is 13.3. The molecule has 98 valence electrons. The van der Waals surface area contributed by atoms with Crippen LogP contribution in [-0.2, 0) is 4.74 Å². The first-order valence-corrected chi connectivity index (χ1v) is 6.19. The molecule has 0 saturated carbocycles. The van der Waals surface area contributed by atoms with E-state index in [1.807, 2.05) is 19.1 Å². The number of carboxylic acids is 1. The van der Waals surface area contributed by atoms with Crippen LogP contribution in [-0.4, -0.2) is 37.9 Å². The lowest BCUT2D eigenvalue weighted by atomic mass is 10.1. The van der Waals surface area contributed by atoms with Crippen LogP contribution in [0.3, 0.4) is 0 Å². The fourth-order valence-corrected chi connectivity index (χ4v) is 2.52. The smallest absolute Gasteiger partial charge is 0.335 e. The molecule has 0 bridgehead atoms. The van der Waals surface area contributed by atoms with Gasteiger partial charge in [0.05, 0.1) is 12.2 Å². The minimum atomic E-state index is -0.863. The van der Waals surface area contributed by atoms with E-state index in [9.17, 15) is 4.79 Å². The Morgan fingerprint density at radius 1 is 1.56 bits per heavy atom. The minimum Gasteiger partial charge on any atom is -0.478 e. The molecule has 2 rings (SSSR count). The average Bonchev–Trinajstić information content (AvgIpc) is 2.77. The highest BCUT2D eigenvalue weighted by Crippen LogP contribution is 2.25. The Balaban J connectivity index is 2.11. The summed E-state index contributed by atoms with van der Waals surface area (Å²) < 4.78 is 5.18. The molecular formula is C14H19NO3. The molecule has 1 aromatic carbocycles. The van der Waals surface area contributed by atoms with Crippen LogP contribution in [0.4, 0.5) is 5.69 Å². The number of hydrogen-bond donors (Lipinski definition) is 1. The molecule has 0 aliphatic carbocycles. The van der Waals surface area contributed by atoms with Gasteiger partial charge in [0.15, 0.2) is 0 Å². The van der Waals surface area contributed by atoms with Crippen molar-refractivity contribution in [3.8, 4) is 0 Å². The van der Waals surface area contributed by atoms with Crippen molar-refractivity contribution in [1.29, 1.82) is 0 Å². The van der Waals surface area contributed by atoms with Crippen LogP contribution in [0.15, 0.2) is 18.2 Å². The number of ether oxygens (including phenoxy) is 1. The summed E-state index contributed by atoms with van der Waals surface area (Å²) in [7, 11) is 1.73. The Kier molecular flexibility index (Phi) is 3.87. The maximum absolute atomic E-state index is 11.0. The molecule has 1 atom stereocenters. The van der Waals surface area contributed by atoms with E-state index < -0.39 is 5.97 Å². The number of carboxylic acid groups (broad SMARTS) is 1. The molecule has 1 N–H and O–H groups in total. The van der Waals surface area contributed by atoms with Gasteiger partial charge in [-0.15, -0.1) is 0 Å². The maximum atomic E-state index is 11.0. The van der Waals surface area contributed by atoms with Gasteiger partial charge in [0.1, 0.15) is 0 Å². The van der Waals surface area contributed by atoms with Crippen molar-refractivity contribution in [2.45, 2.75) is 13.3 Å². The Hall–Kier alpha value is -1.55. The van der Waals surface area contributed by atoms with Gasteiger partial charge in [-0.05, 0) is 37.1 Å². The molecule has 4 heteroatoms. The second kappa shape index (κ2) is 5.40. The highest BCUT2D eigenvalue weighted by molar-refractivity contribution is 5.89. The van der Waals surface area contributed by atoms with E-state index in [2.05, 4.69) is 4.90 Å². The largest absolute Gasteiger partial charge is 0.478 e. The fourth-order valence-electron chi connectivity index (χ4n) is 2.52. The molecule has 1 aromatic rings. The number of rotatable bonds is 4. The number of benzene rings is 1. The summed E-state index contributed by atoms with van der Waals surface area (Å²) in [6.45, 7) is 4.64. The zero-order valence-electron chi connectivity index (χ0n) is 10.8. The van der Waals surface area contributed by atoms with Crippen LogP contribution in [0.25, 0.3) is 0 Å². The second-order valence-electron chi connectivity index (χ2n) is 4.86. The lowest BCUT2D eigenvalue weighted by Crippen LogP contribution is -2.21. The number of hydrogen-bond acceptors (Lipinski definition) is 3. The maximum Gasteiger partial charge on any atom is 0.335 e. The van der Waals surface area contributed by atoms with E-state index in [1.165, 1.54) is 0 Å². The van der Waals surface area contributed by atoms with Gasteiger partial charge in [-0.25, -0.2) is 4.79 Å². The van der Waals surface area contributed by atoms with Gasteiger partial charge in [-0.2, -0.15) is 0 Å². The molecule has 1 saturated heterocycles. The highest BCUT2D eigenvalue weighted by atomic mass is 16.5. The summed E-state index contributed by atoms with van der Waals surface area (Å²) in [5.41, 5.74) is 2.30. The summed E-state index contributed by atoms with van der Waals surface area (Å²) in [6, 6.07) is 5.54. The molecule has 1 heterocycles. The van der Waals surface area contributed by atoms with Crippen molar-refractivity contribution >= 4 is 11.7 Å². The first-order valence-electron chi connectivity index (χ1n) is 6.19. The van der Waals surface area contributed by atoms with Gasteiger partial charge in [0.25, 0.3) is 0 Å². The predicted octanol–water partition coefficient (Wildman–Crippen LogP) is 2.17.